The van der Waals surface area contributed by atoms with E-state index in [9.17, 15) is 9.59 Å². The highest BCUT2D eigenvalue weighted by Gasteiger charge is 2.20. The lowest BCUT2D eigenvalue weighted by molar-refractivity contribution is 0.0958. The third-order valence-electron chi connectivity index (χ3n) is 6.46. The van der Waals surface area contributed by atoms with Crippen LogP contribution in [0.1, 0.15) is 72.4 Å². The van der Waals surface area contributed by atoms with Gasteiger partial charge in [0.15, 0.2) is 11.6 Å². The Morgan fingerprint density at radius 3 is 1.50 bits per heavy atom. The van der Waals surface area contributed by atoms with Gasteiger partial charge in [-0.15, -0.1) is 0 Å². The highest BCUT2D eigenvalue weighted by Crippen LogP contribution is 2.37. The summed E-state index contributed by atoms with van der Waals surface area (Å²) in [5.41, 5.74) is 3.46. The van der Waals surface area contributed by atoms with Crippen molar-refractivity contribution in [2.75, 3.05) is 39.3 Å². The summed E-state index contributed by atoms with van der Waals surface area (Å²) in [6.07, 6.45) is 1.70. The average molecular weight is 437 g/mol. The number of hydrogen-bond acceptors (Lipinski definition) is 5. The van der Waals surface area contributed by atoms with E-state index < -0.39 is 0 Å². The Bertz CT molecular complexity index is 870. The van der Waals surface area contributed by atoms with Gasteiger partial charge >= 0.3 is 0 Å². The number of benzene rings is 2. The maximum absolute atomic E-state index is 12.7. The summed E-state index contributed by atoms with van der Waals surface area (Å²) >= 11 is 0. The summed E-state index contributed by atoms with van der Waals surface area (Å²) in [5, 5.41) is 0. The van der Waals surface area contributed by atoms with Crippen molar-refractivity contribution in [3.8, 4) is 11.5 Å². The molecule has 0 atom stereocenters. The second kappa shape index (κ2) is 11.4. The van der Waals surface area contributed by atoms with Crippen LogP contribution in [0.3, 0.4) is 0 Å². The first-order chi connectivity index (χ1) is 15.5. The van der Waals surface area contributed by atoms with Crippen LogP contribution in [-0.2, 0) is 6.42 Å². The third kappa shape index (κ3) is 5.84. The predicted octanol–water partition coefficient (Wildman–Crippen LogP) is 5.21. The van der Waals surface area contributed by atoms with Gasteiger partial charge in [-0.25, -0.2) is 0 Å². The normalized spacial score (nSPS) is 12.4. The van der Waals surface area contributed by atoms with Crippen LogP contribution in [0.4, 0.5) is 0 Å². The molecule has 0 saturated carbocycles. The SMILES string of the molecule is CCN(CC)CCC(=O)c1ccc2c(c1)Cc1cc(C(=O)CCN(CC)CC)ccc1O2. The average Bonchev–Trinajstić information content (AvgIpc) is 2.82. The molecule has 2 aromatic carbocycles. The van der Waals surface area contributed by atoms with Crippen molar-refractivity contribution in [3.63, 3.8) is 0 Å². The van der Waals surface area contributed by atoms with Crippen LogP contribution in [0.5, 0.6) is 11.5 Å². The molecule has 5 heteroatoms. The molecule has 3 rings (SSSR count). The molecule has 1 aliphatic rings. The number of fused-ring (bicyclic) bond motifs is 2. The van der Waals surface area contributed by atoms with Crippen LogP contribution in [0.25, 0.3) is 0 Å². The predicted molar refractivity (Wildman–Crippen MR) is 129 cm³/mol. The van der Waals surface area contributed by atoms with Crippen molar-refractivity contribution in [3.05, 3.63) is 58.7 Å². The molecule has 0 N–H and O–H groups in total. The fraction of sp³-hybridized carbons (Fsp3) is 0.481. The quantitative estimate of drug-likeness (QED) is 0.365. The van der Waals surface area contributed by atoms with Gasteiger partial charge in [-0.2, -0.15) is 0 Å². The maximum atomic E-state index is 12.7. The summed E-state index contributed by atoms with van der Waals surface area (Å²) in [6, 6.07) is 11.4. The Morgan fingerprint density at radius 2 is 1.12 bits per heavy atom. The van der Waals surface area contributed by atoms with E-state index in [1.54, 1.807) is 0 Å². The minimum atomic E-state index is 0.158. The summed E-state index contributed by atoms with van der Waals surface area (Å²) in [4.78, 5) is 29.9. The van der Waals surface area contributed by atoms with Crippen molar-refractivity contribution < 1.29 is 14.3 Å². The lowest BCUT2D eigenvalue weighted by Crippen LogP contribution is -2.25. The van der Waals surface area contributed by atoms with Gasteiger partial charge in [-0.05, 0) is 62.6 Å². The van der Waals surface area contributed by atoms with Crippen molar-refractivity contribution in [2.24, 2.45) is 0 Å². The number of nitrogens with zero attached hydrogens (tertiary/aromatic N) is 2. The van der Waals surface area contributed by atoms with Gasteiger partial charge in [-0.3, -0.25) is 9.59 Å². The molecule has 32 heavy (non-hydrogen) atoms. The lowest BCUT2D eigenvalue weighted by atomic mass is 9.94. The molecule has 0 spiro atoms. The van der Waals surface area contributed by atoms with Gasteiger partial charge in [-0.1, -0.05) is 27.7 Å². The first kappa shape index (κ1) is 24.1. The van der Waals surface area contributed by atoms with Gasteiger partial charge in [0.2, 0.25) is 0 Å². The van der Waals surface area contributed by atoms with Crippen LogP contribution in [-0.4, -0.2) is 60.6 Å². The molecule has 0 fully saturated rings. The Kier molecular flexibility index (Phi) is 8.60. The number of ether oxygens (including phenoxy) is 1. The standard InChI is InChI=1S/C27H36N2O3/c1-5-28(6-2)15-13-24(30)20-9-11-26-22(17-20)19-23-18-21(10-12-27(23)32-26)25(31)14-16-29(7-3)8-4/h9-12,17-18H,5-8,13-16,19H2,1-4H3. The topological polar surface area (TPSA) is 49.9 Å². The molecular weight excluding hydrogens is 400 g/mol. The van der Waals surface area contributed by atoms with Gasteiger partial charge < -0.3 is 14.5 Å². The van der Waals surface area contributed by atoms with Crippen LogP contribution >= 0.6 is 0 Å². The fourth-order valence-corrected chi connectivity index (χ4v) is 4.19. The number of rotatable bonds is 12. The van der Waals surface area contributed by atoms with E-state index in [2.05, 4.69) is 37.5 Å². The van der Waals surface area contributed by atoms with E-state index in [4.69, 9.17) is 4.74 Å². The summed E-state index contributed by atoms with van der Waals surface area (Å²) in [5.74, 6) is 1.90. The van der Waals surface area contributed by atoms with Gasteiger partial charge in [0.25, 0.3) is 0 Å². The minimum Gasteiger partial charge on any atom is -0.457 e. The minimum absolute atomic E-state index is 0.158. The van der Waals surface area contributed by atoms with Crippen molar-refractivity contribution in [1.29, 1.82) is 0 Å². The number of ketones is 2. The Balaban J connectivity index is 1.70. The molecule has 0 radical (unpaired) electrons. The highest BCUT2D eigenvalue weighted by molar-refractivity contribution is 5.97. The smallest absolute Gasteiger partial charge is 0.164 e. The summed E-state index contributed by atoms with van der Waals surface area (Å²) in [7, 11) is 0. The van der Waals surface area contributed by atoms with Gasteiger partial charge in [0, 0.05) is 54.6 Å². The van der Waals surface area contributed by atoms with E-state index in [1.165, 1.54) is 0 Å². The largest absolute Gasteiger partial charge is 0.457 e. The summed E-state index contributed by atoms with van der Waals surface area (Å²) in [6.45, 7) is 13.8. The third-order valence-corrected chi connectivity index (χ3v) is 6.46. The molecule has 1 aliphatic heterocycles. The zero-order chi connectivity index (χ0) is 23.1. The van der Waals surface area contributed by atoms with Gasteiger partial charge in [0.05, 0.1) is 0 Å². The van der Waals surface area contributed by atoms with E-state index >= 15 is 0 Å². The molecule has 0 bridgehead atoms. The molecule has 0 aliphatic carbocycles. The fourth-order valence-electron chi connectivity index (χ4n) is 4.19. The number of carbonyl (C=O) groups excluding carboxylic acids is 2. The molecule has 0 amide bonds. The Labute approximate surface area is 192 Å². The van der Waals surface area contributed by atoms with Crippen LogP contribution < -0.4 is 4.74 Å². The van der Waals surface area contributed by atoms with E-state index in [-0.39, 0.29) is 11.6 Å². The molecule has 0 aromatic heterocycles. The second-order valence-corrected chi connectivity index (χ2v) is 8.32. The first-order valence-electron chi connectivity index (χ1n) is 11.9. The Hall–Kier alpha value is -2.50. The van der Waals surface area contributed by atoms with Crippen molar-refractivity contribution >= 4 is 11.6 Å². The number of Topliss-reactive ketones (excluding diaryl/α,β-unsaturated/α-hetero) is 2. The molecule has 1 heterocycles. The maximum Gasteiger partial charge on any atom is 0.164 e. The monoisotopic (exact) mass is 436 g/mol. The first-order valence-corrected chi connectivity index (χ1v) is 11.9. The molecule has 172 valence electrons. The molecule has 2 aromatic rings. The lowest BCUT2D eigenvalue weighted by Gasteiger charge is -2.22. The van der Waals surface area contributed by atoms with Crippen LogP contribution in [0, 0.1) is 0 Å². The molecule has 0 saturated heterocycles. The van der Waals surface area contributed by atoms with E-state index in [0.29, 0.717) is 19.3 Å². The number of hydrogen-bond donors (Lipinski definition) is 0. The Morgan fingerprint density at radius 1 is 0.719 bits per heavy atom. The molecule has 5 nitrogen and oxygen atoms in total. The summed E-state index contributed by atoms with van der Waals surface area (Å²) < 4.78 is 6.07. The van der Waals surface area contributed by atoms with Crippen molar-refractivity contribution in [1.82, 2.24) is 9.80 Å². The van der Waals surface area contributed by atoms with Crippen molar-refractivity contribution in [2.45, 2.75) is 47.0 Å². The highest BCUT2D eigenvalue weighted by atomic mass is 16.5. The number of carbonyl (C=O) groups is 2. The van der Waals surface area contributed by atoms with E-state index in [0.717, 1.165) is 73.0 Å². The van der Waals surface area contributed by atoms with Crippen LogP contribution in [0.2, 0.25) is 0 Å². The molecular formula is C27H36N2O3. The van der Waals surface area contributed by atoms with Crippen LogP contribution in [0.15, 0.2) is 36.4 Å². The second-order valence-electron chi connectivity index (χ2n) is 8.32. The van der Waals surface area contributed by atoms with Gasteiger partial charge in [0.1, 0.15) is 11.5 Å². The van der Waals surface area contributed by atoms with E-state index in [1.807, 2.05) is 36.4 Å². The molecule has 0 unspecified atom stereocenters. The zero-order valence-electron chi connectivity index (χ0n) is 19.9. The zero-order valence-corrected chi connectivity index (χ0v) is 19.9.